The van der Waals surface area contributed by atoms with E-state index < -0.39 is 0 Å². The second-order valence-electron chi connectivity index (χ2n) is 7.34. The minimum atomic E-state index is -0.117. The van der Waals surface area contributed by atoms with E-state index in [2.05, 4.69) is 38.5 Å². The quantitative estimate of drug-likeness (QED) is 0.406. The lowest BCUT2D eigenvalue weighted by Crippen LogP contribution is -2.22. The predicted molar refractivity (Wildman–Crippen MR) is 114 cm³/mol. The predicted octanol–water partition coefficient (Wildman–Crippen LogP) is 7.09. The van der Waals surface area contributed by atoms with Gasteiger partial charge in [-0.05, 0) is 113 Å². The summed E-state index contributed by atoms with van der Waals surface area (Å²) in [5, 5.41) is 0. The molecule has 0 bridgehead atoms. The molecule has 24 heavy (non-hydrogen) atoms. The van der Waals surface area contributed by atoms with E-state index in [-0.39, 0.29) is 11.2 Å². The van der Waals surface area contributed by atoms with Crippen LogP contribution in [0.15, 0.2) is 53.0 Å². The summed E-state index contributed by atoms with van der Waals surface area (Å²) >= 11 is 5.65. The molecule has 0 aliphatic heterocycles. The van der Waals surface area contributed by atoms with Crippen molar-refractivity contribution in [1.29, 1.82) is 0 Å². The molecule has 0 N–H and O–H groups in total. The van der Waals surface area contributed by atoms with Crippen LogP contribution in [0, 0.1) is 3.57 Å². The molecule has 0 aromatic heterocycles. The van der Waals surface area contributed by atoms with Gasteiger partial charge in [-0.15, -0.1) is 0 Å². The van der Waals surface area contributed by atoms with Gasteiger partial charge in [-0.1, -0.05) is 15.9 Å². The SMILES string of the molecule is CC(C)(C)Oc1ccc(Br)cc1.CC(C)(C)Oc1ccc(I)cc1. The van der Waals surface area contributed by atoms with Gasteiger partial charge in [-0.2, -0.15) is 0 Å². The molecule has 0 atom stereocenters. The maximum absolute atomic E-state index is 5.65. The van der Waals surface area contributed by atoms with E-state index in [9.17, 15) is 0 Å². The molecule has 0 unspecified atom stereocenters. The van der Waals surface area contributed by atoms with Gasteiger partial charge >= 0.3 is 0 Å². The molecule has 0 heterocycles. The molecule has 0 aliphatic rings. The molecule has 0 saturated carbocycles. The normalized spacial score (nSPS) is 11.3. The van der Waals surface area contributed by atoms with Crippen LogP contribution in [0.4, 0.5) is 0 Å². The van der Waals surface area contributed by atoms with Gasteiger partial charge < -0.3 is 9.47 Å². The number of hydrogen-bond donors (Lipinski definition) is 0. The Morgan fingerprint density at radius 1 is 0.667 bits per heavy atom. The molecule has 2 nitrogen and oxygen atoms in total. The Morgan fingerprint density at radius 3 is 1.33 bits per heavy atom. The monoisotopic (exact) mass is 504 g/mol. The summed E-state index contributed by atoms with van der Waals surface area (Å²) in [5.74, 6) is 1.84. The summed E-state index contributed by atoms with van der Waals surface area (Å²) in [5.41, 5.74) is -0.222. The van der Waals surface area contributed by atoms with Crippen molar-refractivity contribution < 1.29 is 9.47 Å². The van der Waals surface area contributed by atoms with Crippen molar-refractivity contribution >= 4 is 38.5 Å². The molecule has 0 amide bonds. The molecule has 0 aliphatic carbocycles. The van der Waals surface area contributed by atoms with Gasteiger partial charge in [-0.3, -0.25) is 0 Å². The number of halogens is 2. The number of benzene rings is 2. The van der Waals surface area contributed by atoms with Crippen LogP contribution in [0.1, 0.15) is 41.5 Å². The molecule has 2 aromatic carbocycles. The Hall–Kier alpha value is -0.750. The van der Waals surface area contributed by atoms with Gasteiger partial charge in [0.25, 0.3) is 0 Å². The number of ether oxygens (including phenoxy) is 2. The van der Waals surface area contributed by atoms with Crippen molar-refractivity contribution in [3.8, 4) is 11.5 Å². The minimum absolute atomic E-state index is 0.104. The summed E-state index contributed by atoms with van der Waals surface area (Å²) in [7, 11) is 0. The molecule has 0 radical (unpaired) electrons. The van der Waals surface area contributed by atoms with Gasteiger partial charge in [0.2, 0.25) is 0 Å². The Labute approximate surface area is 168 Å². The Kier molecular flexibility index (Phi) is 8.06. The van der Waals surface area contributed by atoms with Crippen LogP contribution in [-0.2, 0) is 0 Å². The van der Waals surface area contributed by atoms with Gasteiger partial charge in [0, 0.05) is 8.04 Å². The van der Waals surface area contributed by atoms with Crippen molar-refractivity contribution in [1.82, 2.24) is 0 Å². The molecular formula is C20H26BrIO2. The van der Waals surface area contributed by atoms with Crippen LogP contribution in [0.5, 0.6) is 11.5 Å². The third kappa shape index (κ3) is 10.2. The zero-order valence-electron chi connectivity index (χ0n) is 15.2. The molecular weight excluding hydrogens is 479 g/mol. The first-order valence-corrected chi connectivity index (χ1v) is 9.71. The van der Waals surface area contributed by atoms with Crippen LogP contribution < -0.4 is 9.47 Å². The highest BCUT2D eigenvalue weighted by Gasteiger charge is 2.11. The van der Waals surface area contributed by atoms with Crippen molar-refractivity contribution in [3.63, 3.8) is 0 Å². The zero-order chi connectivity index (χ0) is 18.4. The highest BCUT2D eigenvalue weighted by molar-refractivity contribution is 14.1. The Morgan fingerprint density at radius 2 is 1.00 bits per heavy atom. The lowest BCUT2D eigenvalue weighted by Gasteiger charge is -2.21. The molecule has 0 fully saturated rings. The van der Waals surface area contributed by atoms with E-state index in [4.69, 9.17) is 9.47 Å². The van der Waals surface area contributed by atoms with E-state index >= 15 is 0 Å². The highest BCUT2D eigenvalue weighted by atomic mass is 127. The number of hydrogen-bond acceptors (Lipinski definition) is 2. The Balaban J connectivity index is 0.000000240. The van der Waals surface area contributed by atoms with E-state index in [1.807, 2.05) is 90.1 Å². The summed E-state index contributed by atoms with van der Waals surface area (Å²) in [6, 6.07) is 15.9. The average Bonchev–Trinajstić information content (AvgIpc) is 2.42. The lowest BCUT2D eigenvalue weighted by atomic mass is 10.2. The molecule has 4 heteroatoms. The fourth-order valence-electron chi connectivity index (χ4n) is 1.71. The van der Waals surface area contributed by atoms with E-state index in [1.54, 1.807) is 0 Å². The summed E-state index contributed by atoms with van der Waals surface area (Å²) in [6.07, 6.45) is 0. The topological polar surface area (TPSA) is 18.5 Å². The van der Waals surface area contributed by atoms with Crippen molar-refractivity contribution in [2.24, 2.45) is 0 Å². The standard InChI is InChI=1S/C10H13BrO.C10H13IO/c2*1-10(2,3)12-9-6-4-8(11)5-7-9/h2*4-7H,1-3H3. The van der Waals surface area contributed by atoms with Crippen LogP contribution in [0.25, 0.3) is 0 Å². The van der Waals surface area contributed by atoms with Gasteiger partial charge in [0.05, 0.1) is 0 Å². The zero-order valence-corrected chi connectivity index (χ0v) is 18.9. The highest BCUT2D eigenvalue weighted by Crippen LogP contribution is 2.20. The largest absolute Gasteiger partial charge is 0.488 e. The molecule has 2 aromatic rings. The second-order valence-corrected chi connectivity index (χ2v) is 9.50. The second kappa shape index (κ2) is 9.09. The smallest absolute Gasteiger partial charge is 0.120 e. The van der Waals surface area contributed by atoms with Gasteiger partial charge in [0.1, 0.15) is 22.7 Å². The van der Waals surface area contributed by atoms with Crippen molar-refractivity contribution in [2.45, 2.75) is 52.7 Å². The lowest BCUT2D eigenvalue weighted by molar-refractivity contribution is 0.130. The first-order valence-electron chi connectivity index (χ1n) is 7.84. The Bertz CT molecular complexity index is 551. The third-order valence-corrected chi connectivity index (χ3v) is 3.72. The summed E-state index contributed by atoms with van der Waals surface area (Å²) in [6.45, 7) is 12.3. The minimum Gasteiger partial charge on any atom is -0.488 e. The summed E-state index contributed by atoms with van der Waals surface area (Å²) in [4.78, 5) is 0. The molecule has 2 rings (SSSR count). The van der Waals surface area contributed by atoms with Crippen LogP contribution in [-0.4, -0.2) is 11.2 Å². The molecule has 132 valence electrons. The van der Waals surface area contributed by atoms with Crippen LogP contribution in [0.2, 0.25) is 0 Å². The third-order valence-electron chi connectivity index (χ3n) is 2.48. The van der Waals surface area contributed by atoms with Gasteiger partial charge in [-0.25, -0.2) is 0 Å². The van der Waals surface area contributed by atoms with E-state index in [0.29, 0.717) is 0 Å². The van der Waals surface area contributed by atoms with E-state index in [0.717, 1.165) is 16.0 Å². The first-order chi connectivity index (χ1) is 10.9. The van der Waals surface area contributed by atoms with Crippen molar-refractivity contribution in [2.75, 3.05) is 0 Å². The number of rotatable bonds is 2. The average molecular weight is 505 g/mol. The fraction of sp³-hybridized carbons (Fsp3) is 0.400. The van der Waals surface area contributed by atoms with Crippen molar-refractivity contribution in [3.05, 3.63) is 56.6 Å². The summed E-state index contributed by atoms with van der Waals surface area (Å²) < 4.78 is 13.6. The maximum Gasteiger partial charge on any atom is 0.120 e. The molecule has 0 spiro atoms. The fourth-order valence-corrected chi connectivity index (χ4v) is 2.34. The van der Waals surface area contributed by atoms with E-state index in [1.165, 1.54) is 3.57 Å². The van der Waals surface area contributed by atoms with Crippen LogP contribution in [0.3, 0.4) is 0 Å². The molecule has 0 saturated heterocycles. The van der Waals surface area contributed by atoms with Gasteiger partial charge in [0.15, 0.2) is 0 Å². The maximum atomic E-state index is 5.65. The van der Waals surface area contributed by atoms with Crippen LogP contribution >= 0.6 is 38.5 Å². The first kappa shape index (κ1) is 21.3.